The summed E-state index contributed by atoms with van der Waals surface area (Å²) in [6, 6.07) is 7.81. The zero-order chi connectivity index (χ0) is 12.4. The van der Waals surface area contributed by atoms with Crippen molar-refractivity contribution in [3.05, 3.63) is 41.2 Å². The fourth-order valence-electron chi connectivity index (χ4n) is 1.69. The number of benzene rings is 1. The lowest BCUT2D eigenvalue weighted by Gasteiger charge is -1.97. The molecule has 17 heavy (non-hydrogen) atoms. The van der Waals surface area contributed by atoms with Crippen molar-refractivity contribution in [2.45, 2.75) is 20.3 Å². The van der Waals surface area contributed by atoms with Gasteiger partial charge < -0.3 is 10.1 Å². The Morgan fingerprint density at radius 2 is 2.00 bits per heavy atom. The summed E-state index contributed by atoms with van der Waals surface area (Å²) in [4.78, 5) is 18.2. The highest BCUT2D eigenvalue weighted by atomic mass is 16.4. The molecular weight excluding hydrogens is 216 g/mol. The van der Waals surface area contributed by atoms with Crippen LogP contribution in [-0.4, -0.2) is 21.0 Å². The average molecular weight is 230 g/mol. The molecule has 1 aromatic heterocycles. The van der Waals surface area contributed by atoms with Gasteiger partial charge in [-0.05, 0) is 13.3 Å². The molecule has 2 N–H and O–H groups in total. The maximum absolute atomic E-state index is 11.0. The highest BCUT2D eigenvalue weighted by Crippen LogP contribution is 2.19. The van der Waals surface area contributed by atoms with Crippen LogP contribution in [0.3, 0.4) is 0 Å². The lowest BCUT2D eigenvalue weighted by molar-refractivity contribution is 0.0690. The summed E-state index contributed by atoms with van der Waals surface area (Å²) in [5, 5.41) is 9.02. The fraction of sp³-hybridized carbons (Fsp3) is 0.231. The molecular formula is C13H14N2O2. The molecule has 88 valence electrons. The van der Waals surface area contributed by atoms with Crippen LogP contribution in [0.25, 0.3) is 11.4 Å². The van der Waals surface area contributed by atoms with E-state index in [1.807, 2.05) is 38.1 Å². The number of aromatic nitrogens is 2. The van der Waals surface area contributed by atoms with Gasteiger partial charge in [0.25, 0.3) is 0 Å². The van der Waals surface area contributed by atoms with Crippen molar-refractivity contribution in [3.63, 3.8) is 0 Å². The number of aromatic amines is 1. The Morgan fingerprint density at radius 3 is 2.47 bits per heavy atom. The van der Waals surface area contributed by atoms with Crippen LogP contribution in [0.1, 0.15) is 28.7 Å². The number of nitrogens with zero attached hydrogens (tertiary/aromatic N) is 1. The zero-order valence-corrected chi connectivity index (χ0v) is 9.82. The van der Waals surface area contributed by atoms with E-state index in [2.05, 4.69) is 9.97 Å². The summed E-state index contributed by atoms with van der Waals surface area (Å²) in [6.45, 7) is 3.91. The Hall–Kier alpha value is -2.10. The number of imidazole rings is 1. The second-order valence-electron chi connectivity index (χ2n) is 3.94. The number of hydrogen-bond donors (Lipinski definition) is 2. The second-order valence-corrected chi connectivity index (χ2v) is 3.94. The van der Waals surface area contributed by atoms with Crippen LogP contribution >= 0.6 is 0 Å². The molecule has 2 aromatic rings. The molecule has 4 nitrogen and oxygen atoms in total. The fourth-order valence-corrected chi connectivity index (χ4v) is 1.69. The van der Waals surface area contributed by atoms with Crippen molar-refractivity contribution in [3.8, 4) is 11.4 Å². The minimum Gasteiger partial charge on any atom is -0.476 e. The first-order valence-electron chi connectivity index (χ1n) is 5.51. The molecule has 2 rings (SSSR count). The zero-order valence-electron chi connectivity index (χ0n) is 9.82. The van der Waals surface area contributed by atoms with Crippen molar-refractivity contribution in [2.24, 2.45) is 0 Å². The molecule has 0 amide bonds. The maximum Gasteiger partial charge on any atom is 0.356 e. The molecule has 0 saturated heterocycles. The van der Waals surface area contributed by atoms with Crippen molar-refractivity contribution < 1.29 is 9.90 Å². The van der Waals surface area contributed by atoms with Crippen LogP contribution in [-0.2, 0) is 6.42 Å². The smallest absolute Gasteiger partial charge is 0.356 e. The molecule has 1 heterocycles. The summed E-state index contributed by atoms with van der Waals surface area (Å²) < 4.78 is 0. The van der Waals surface area contributed by atoms with Gasteiger partial charge in [-0.25, -0.2) is 9.78 Å². The number of carbonyl (C=O) groups is 1. The summed E-state index contributed by atoms with van der Waals surface area (Å²) in [6.07, 6.45) is 0.625. The summed E-state index contributed by atoms with van der Waals surface area (Å²) in [5.74, 6) is -0.379. The Bertz CT molecular complexity index is 541. The number of aromatic carboxylic acids is 1. The predicted octanol–water partition coefficient (Wildman–Crippen LogP) is 2.65. The molecule has 0 aliphatic rings. The largest absolute Gasteiger partial charge is 0.476 e. The molecule has 0 saturated carbocycles. The Balaban J connectivity index is 2.46. The molecule has 4 heteroatoms. The maximum atomic E-state index is 11.0. The van der Waals surface area contributed by atoms with Crippen molar-refractivity contribution in [1.29, 1.82) is 0 Å². The minimum atomic E-state index is -0.989. The molecule has 1 aromatic carbocycles. The molecule has 0 atom stereocenters. The molecule has 0 bridgehead atoms. The summed E-state index contributed by atoms with van der Waals surface area (Å²) in [5.41, 5.74) is 2.84. The van der Waals surface area contributed by atoms with E-state index in [0.717, 1.165) is 11.1 Å². The lowest BCUT2D eigenvalue weighted by Crippen LogP contribution is -2.00. The van der Waals surface area contributed by atoms with E-state index in [-0.39, 0.29) is 5.69 Å². The van der Waals surface area contributed by atoms with E-state index in [4.69, 9.17) is 5.11 Å². The highest BCUT2D eigenvalue weighted by molar-refractivity contribution is 5.87. The van der Waals surface area contributed by atoms with Crippen LogP contribution in [0.2, 0.25) is 0 Å². The first kappa shape index (κ1) is 11.4. The van der Waals surface area contributed by atoms with E-state index < -0.39 is 5.97 Å². The van der Waals surface area contributed by atoms with E-state index >= 15 is 0 Å². The number of hydrogen-bond acceptors (Lipinski definition) is 2. The third kappa shape index (κ3) is 2.20. The van der Waals surface area contributed by atoms with Crippen LogP contribution < -0.4 is 0 Å². The number of carboxylic acids is 1. The van der Waals surface area contributed by atoms with Gasteiger partial charge in [-0.2, -0.15) is 0 Å². The van der Waals surface area contributed by atoms with Gasteiger partial charge in [0.2, 0.25) is 0 Å². The summed E-state index contributed by atoms with van der Waals surface area (Å²) >= 11 is 0. The standard InChI is InChI=1S/C13H14N2O2/c1-3-10-11(13(16)17)15-12(14-10)9-6-4-8(2)5-7-9/h4-7H,3H2,1-2H3,(H,14,15)(H,16,17). The van der Waals surface area contributed by atoms with Crippen LogP contribution in [0.15, 0.2) is 24.3 Å². The van der Waals surface area contributed by atoms with Crippen molar-refractivity contribution in [1.82, 2.24) is 9.97 Å². The van der Waals surface area contributed by atoms with E-state index in [1.165, 1.54) is 0 Å². The van der Waals surface area contributed by atoms with Gasteiger partial charge in [0.15, 0.2) is 5.69 Å². The molecule has 0 spiro atoms. The van der Waals surface area contributed by atoms with Gasteiger partial charge in [-0.1, -0.05) is 36.8 Å². The van der Waals surface area contributed by atoms with Crippen LogP contribution in [0.5, 0.6) is 0 Å². The van der Waals surface area contributed by atoms with Gasteiger partial charge in [0.05, 0.1) is 0 Å². The minimum absolute atomic E-state index is 0.114. The molecule has 0 unspecified atom stereocenters. The first-order chi connectivity index (χ1) is 8.11. The van der Waals surface area contributed by atoms with Crippen molar-refractivity contribution >= 4 is 5.97 Å². The van der Waals surface area contributed by atoms with Crippen LogP contribution in [0, 0.1) is 6.92 Å². The monoisotopic (exact) mass is 230 g/mol. The van der Waals surface area contributed by atoms with Gasteiger partial charge in [-0.15, -0.1) is 0 Å². The van der Waals surface area contributed by atoms with Gasteiger partial charge in [0.1, 0.15) is 5.82 Å². The first-order valence-corrected chi connectivity index (χ1v) is 5.51. The highest BCUT2D eigenvalue weighted by Gasteiger charge is 2.15. The predicted molar refractivity (Wildman–Crippen MR) is 65.1 cm³/mol. The molecule has 0 aliphatic heterocycles. The molecule has 0 radical (unpaired) electrons. The molecule has 0 aliphatic carbocycles. The van der Waals surface area contributed by atoms with Crippen molar-refractivity contribution in [2.75, 3.05) is 0 Å². The Labute approximate surface area is 99.3 Å². The SMILES string of the molecule is CCc1[nH]c(-c2ccc(C)cc2)nc1C(=O)O. The molecule has 0 fully saturated rings. The van der Waals surface area contributed by atoms with Gasteiger partial charge in [0, 0.05) is 11.3 Å². The summed E-state index contributed by atoms with van der Waals surface area (Å²) in [7, 11) is 0. The lowest BCUT2D eigenvalue weighted by atomic mass is 10.1. The number of carboxylic acid groups (broad SMARTS) is 1. The van der Waals surface area contributed by atoms with E-state index in [1.54, 1.807) is 0 Å². The second kappa shape index (κ2) is 4.41. The quantitative estimate of drug-likeness (QED) is 0.851. The van der Waals surface area contributed by atoms with Gasteiger partial charge >= 0.3 is 5.97 Å². The number of aryl methyl sites for hydroxylation is 2. The number of nitrogens with one attached hydrogen (secondary N) is 1. The Morgan fingerprint density at radius 1 is 1.35 bits per heavy atom. The average Bonchev–Trinajstić information content (AvgIpc) is 2.74. The Kier molecular flexibility index (Phi) is 2.95. The van der Waals surface area contributed by atoms with E-state index in [9.17, 15) is 4.79 Å². The number of H-pyrrole nitrogens is 1. The van der Waals surface area contributed by atoms with E-state index in [0.29, 0.717) is 17.9 Å². The van der Waals surface area contributed by atoms with Crippen LogP contribution in [0.4, 0.5) is 0 Å². The van der Waals surface area contributed by atoms with Gasteiger partial charge in [-0.3, -0.25) is 0 Å². The number of rotatable bonds is 3. The third-order valence-electron chi connectivity index (χ3n) is 2.66. The third-order valence-corrected chi connectivity index (χ3v) is 2.66. The normalized spacial score (nSPS) is 10.5. The topological polar surface area (TPSA) is 66.0 Å².